The Bertz CT molecular complexity index is 532. The maximum Gasteiger partial charge on any atom is 0.227 e. The molecule has 126 valence electrons. The van der Waals surface area contributed by atoms with E-state index in [9.17, 15) is 4.79 Å². The fourth-order valence-corrected chi connectivity index (χ4v) is 3.57. The molecule has 0 spiro atoms. The highest BCUT2D eigenvalue weighted by molar-refractivity contribution is 5.94. The molecule has 0 aromatic heterocycles. The summed E-state index contributed by atoms with van der Waals surface area (Å²) >= 11 is 0. The van der Waals surface area contributed by atoms with Crippen molar-refractivity contribution in [3.8, 4) is 0 Å². The molecule has 4 heteroatoms. The molecule has 4 nitrogen and oxygen atoms in total. The Kier molecular flexibility index (Phi) is 4.90. The monoisotopic (exact) mass is 315 g/mol. The van der Waals surface area contributed by atoms with Crippen LogP contribution in [0.2, 0.25) is 0 Å². The Morgan fingerprint density at radius 1 is 1.22 bits per heavy atom. The van der Waals surface area contributed by atoms with Gasteiger partial charge in [-0.3, -0.25) is 4.79 Å². The lowest BCUT2D eigenvalue weighted by Gasteiger charge is -2.34. The van der Waals surface area contributed by atoms with Crippen molar-refractivity contribution in [2.24, 2.45) is 17.8 Å². The second-order valence-corrected chi connectivity index (χ2v) is 7.55. The summed E-state index contributed by atoms with van der Waals surface area (Å²) in [5, 5.41) is 3.03. The lowest BCUT2D eigenvalue weighted by molar-refractivity contribution is -0.117. The Hall–Kier alpha value is -1.55. The second kappa shape index (κ2) is 6.91. The van der Waals surface area contributed by atoms with Gasteiger partial charge in [-0.05, 0) is 69.5 Å². The van der Waals surface area contributed by atoms with Crippen LogP contribution in [0.25, 0.3) is 0 Å². The van der Waals surface area contributed by atoms with Gasteiger partial charge in [-0.25, -0.2) is 0 Å². The van der Waals surface area contributed by atoms with Crippen LogP contribution in [0.4, 0.5) is 11.4 Å². The lowest BCUT2D eigenvalue weighted by atomic mass is 9.96. The standard InChI is InChI=1S/C19H29N3O/c1-14-12-18(14)19(23)20-16-4-6-17(7-5-16)22-10-8-15(9-11-22)13-21(2)3/h4-7,14-15,18H,8-13H2,1-3H3,(H,20,23)/t14-,18-/m0/s1. The van der Waals surface area contributed by atoms with Crippen LogP contribution in [-0.4, -0.2) is 44.5 Å². The van der Waals surface area contributed by atoms with Crippen molar-refractivity contribution in [3.63, 3.8) is 0 Å². The average molecular weight is 315 g/mol. The Morgan fingerprint density at radius 3 is 2.35 bits per heavy atom. The number of hydrogen-bond acceptors (Lipinski definition) is 3. The molecule has 1 aromatic carbocycles. The van der Waals surface area contributed by atoms with Gasteiger partial charge in [0, 0.05) is 36.9 Å². The van der Waals surface area contributed by atoms with Crippen LogP contribution < -0.4 is 10.2 Å². The molecule has 1 saturated carbocycles. The van der Waals surface area contributed by atoms with E-state index in [1.807, 2.05) is 12.1 Å². The average Bonchev–Trinajstić information content (AvgIpc) is 3.25. The summed E-state index contributed by atoms with van der Waals surface area (Å²) in [6, 6.07) is 8.34. The lowest BCUT2D eigenvalue weighted by Crippen LogP contribution is -2.37. The van der Waals surface area contributed by atoms with Crippen LogP contribution in [0.3, 0.4) is 0 Å². The largest absolute Gasteiger partial charge is 0.372 e. The van der Waals surface area contributed by atoms with E-state index in [0.29, 0.717) is 5.92 Å². The van der Waals surface area contributed by atoms with Crippen LogP contribution in [-0.2, 0) is 4.79 Å². The first-order chi connectivity index (χ1) is 11.0. The molecule has 1 aliphatic heterocycles. The van der Waals surface area contributed by atoms with Crippen LogP contribution >= 0.6 is 0 Å². The maximum absolute atomic E-state index is 12.0. The van der Waals surface area contributed by atoms with Crippen LogP contribution in [0, 0.1) is 17.8 Å². The number of carbonyl (C=O) groups excluding carboxylic acids is 1. The molecule has 0 unspecified atom stereocenters. The fraction of sp³-hybridized carbons (Fsp3) is 0.632. The van der Waals surface area contributed by atoms with Crippen LogP contribution in [0.1, 0.15) is 26.2 Å². The van der Waals surface area contributed by atoms with Crippen molar-refractivity contribution in [2.75, 3.05) is 43.9 Å². The van der Waals surface area contributed by atoms with Crippen molar-refractivity contribution < 1.29 is 4.79 Å². The Morgan fingerprint density at radius 2 is 1.83 bits per heavy atom. The highest BCUT2D eigenvalue weighted by Crippen LogP contribution is 2.38. The van der Waals surface area contributed by atoms with E-state index >= 15 is 0 Å². The molecule has 1 N–H and O–H groups in total. The van der Waals surface area contributed by atoms with Gasteiger partial charge in [-0.15, -0.1) is 0 Å². The molecule has 1 saturated heterocycles. The summed E-state index contributed by atoms with van der Waals surface area (Å²) < 4.78 is 0. The van der Waals surface area contributed by atoms with Gasteiger partial charge in [-0.2, -0.15) is 0 Å². The molecule has 23 heavy (non-hydrogen) atoms. The predicted octanol–water partition coefficient (Wildman–Crippen LogP) is 3.06. The summed E-state index contributed by atoms with van der Waals surface area (Å²) in [7, 11) is 4.31. The minimum absolute atomic E-state index is 0.176. The number of rotatable bonds is 5. The van der Waals surface area contributed by atoms with Gasteiger partial charge < -0.3 is 15.1 Å². The maximum atomic E-state index is 12.0. The van der Waals surface area contributed by atoms with E-state index in [2.05, 4.69) is 48.3 Å². The van der Waals surface area contributed by atoms with E-state index in [4.69, 9.17) is 0 Å². The van der Waals surface area contributed by atoms with Crippen molar-refractivity contribution >= 4 is 17.3 Å². The van der Waals surface area contributed by atoms with Crippen molar-refractivity contribution in [1.29, 1.82) is 0 Å². The van der Waals surface area contributed by atoms with E-state index in [-0.39, 0.29) is 11.8 Å². The summed E-state index contributed by atoms with van der Waals surface area (Å²) in [4.78, 5) is 16.7. The predicted molar refractivity (Wildman–Crippen MR) is 95.8 cm³/mol. The topological polar surface area (TPSA) is 35.6 Å². The molecule has 0 radical (unpaired) electrons. The number of anilines is 2. The summed E-state index contributed by atoms with van der Waals surface area (Å²) in [6.07, 6.45) is 3.55. The zero-order valence-corrected chi connectivity index (χ0v) is 14.6. The van der Waals surface area contributed by atoms with Crippen molar-refractivity contribution in [2.45, 2.75) is 26.2 Å². The molecule has 2 atom stereocenters. The summed E-state index contributed by atoms with van der Waals surface area (Å²) in [5.74, 6) is 1.78. The molecule has 0 bridgehead atoms. The minimum Gasteiger partial charge on any atom is -0.372 e. The van der Waals surface area contributed by atoms with Crippen LogP contribution in [0.5, 0.6) is 0 Å². The number of benzene rings is 1. The quantitative estimate of drug-likeness (QED) is 0.907. The molecule has 1 amide bonds. The molecule has 3 rings (SSSR count). The van der Waals surface area contributed by atoms with Crippen molar-refractivity contribution in [1.82, 2.24) is 4.90 Å². The third kappa shape index (κ3) is 4.25. The van der Waals surface area contributed by atoms with Gasteiger partial charge in [0.1, 0.15) is 0 Å². The number of piperidine rings is 1. The SMILES string of the molecule is C[C@H]1C[C@@H]1C(=O)Nc1ccc(N2CCC(CN(C)C)CC2)cc1. The molecule has 2 fully saturated rings. The summed E-state index contributed by atoms with van der Waals surface area (Å²) in [5.41, 5.74) is 2.19. The van der Waals surface area contributed by atoms with E-state index < -0.39 is 0 Å². The van der Waals surface area contributed by atoms with E-state index in [1.165, 1.54) is 25.1 Å². The number of hydrogen-bond donors (Lipinski definition) is 1. The molecule has 1 aliphatic carbocycles. The molecule has 1 heterocycles. The minimum atomic E-state index is 0.176. The smallest absolute Gasteiger partial charge is 0.227 e. The normalized spacial score (nSPS) is 24.8. The summed E-state index contributed by atoms with van der Waals surface area (Å²) in [6.45, 7) is 5.58. The van der Waals surface area contributed by atoms with Gasteiger partial charge in [0.2, 0.25) is 5.91 Å². The highest BCUT2D eigenvalue weighted by Gasteiger charge is 2.39. The van der Waals surface area contributed by atoms with Gasteiger partial charge in [0.15, 0.2) is 0 Å². The zero-order chi connectivity index (χ0) is 16.4. The first kappa shape index (κ1) is 16.3. The Balaban J connectivity index is 1.51. The molecule has 2 aliphatic rings. The van der Waals surface area contributed by atoms with Gasteiger partial charge in [-0.1, -0.05) is 6.92 Å². The molecular formula is C19H29N3O. The number of nitrogens with one attached hydrogen (secondary N) is 1. The molecule has 1 aromatic rings. The van der Waals surface area contributed by atoms with Crippen LogP contribution in [0.15, 0.2) is 24.3 Å². The number of amides is 1. The fourth-order valence-electron chi connectivity index (χ4n) is 3.57. The first-order valence-corrected chi connectivity index (χ1v) is 8.83. The first-order valence-electron chi connectivity index (χ1n) is 8.83. The van der Waals surface area contributed by atoms with E-state index in [0.717, 1.165) is 31.1 Å². The van der Waals surface area contributed by atoms with Gasteiger partial charge in [0.25, 0.3) is 0 Å². The highest BCUT2D eigenvalue weighted by atomic mass is 16.2. The number of nitrogens with zero attached hydrogens (tertiary/aromatic N) is 2. The van der Waals surface area contributed by atoms with Gasteiger partial charge in [0.05, 0.1) is 0 Å². The third-order valence-electron chi connectivity index (χ3n) is 5.18. The second-order valence-electron chi connectivity index (χ2n) is 7.55. The number of carbonyl (C=O) groups is 1. The zero-order valence-electron chi connectivity index (χ0n) is 14.6. The van der Waals surface area contributed by atoms with Crippen molar-refractivity contribution in [3.05, 3.63) is 24.3 Å². The van der Waals surface area contributed by atoms with Gasteiger partial charge >= 0.3 is 0 Å². The Labute approximate surface area is 139 Å². The van der Waals surface area contributed by atoms with E-state index in [1.54, 1.807) is 0 Å². The molecular weight excluding hydrogens is 286 g/mol. The third-order valence-corrected chi connectivity index (χ3v) is 5.18.